The van der Waals surface area contributed by atoms with Gasteiger partial charge in [-0.1, -0.05) is 19.3 Å². The van der Waals surface area contributed by atoms with Gasteiger partial charge in [-0.05, 0) is 43.9 Å². The number of anilines is 1. The SMILES string of the molecule is Cc1cc(F)c(N)c(C)c1S(=O)(=O)N(C)C1CCCCC1. The second-order valence-corrected chi connectivity index (χ2v) is 7.79. The molecular formula is C15H23FN2O2S. The van der Waals surface area contributed by atoms with Crippen LogP contribution in [0.4, 0.5) is 10.1 Å². The average Bonchev–Trinajstić information content (AvgIpc) is 2.44. The van der Waals surface area contributed by atoms with Gasteiger partial charge in [0.1, 0.15) is 5.82 Å². The van der Waals surface area contributed by atoms with Crippen LogP contribution in [0.3, 0.4) is 0 Å². The third kappa shape index (κ3) is 2.92. The van der Waals surface area contributed by atoms with Gasteiger partial charge in [-0.3, -0.25) is 0 Å². The lowest BCUT2D eigenvalue weighted by Gasteiger charge is -2.31. The summed E-state index contributed by atoms with van der Waals surface area (Å²) in [5.41, 5.74) is 6.29. The lowest BCUT2D eigenvalue weighted by atomic mass is 9.96. The van der Waals surface area contributed by atoms with Gasteiger partial charge in [0, 0.05) is 13.1 Å². The molecule has 0 saturated heterocycles. The number of hydrogen-bond acceptors (Lipinski definition) is 3. The zero-order valence-electron chi connectivity index (χ0n) is 12.8. The first-order valence-electron chi connectivity index (χ1n) is 7.30. The zero-order valence-corrected chi connectivity index (χ0v) is 13.6. The first-order valence-corrected chi connectivity index (χ1v) is 8.74. The molecule has 1 aliphatic carbocycles. The quantitative estimate of drug-likeness (QED) is 0.872. The highest BCUT2D eigenvalue weighted by Gasteiger charge is 2.32. The van der Waals surface area contributed by atoms with Crippen LogP contribution in [0.1, 0.15) is 43.2 Å². The summed E-state index contributed by atoms with van der Waals surface area (Å²) in [6.07, 6.45) is 5.02. The van der Waals surface area contributed by atoms with Crippen LogP contribution in [-0.4, -0.2) is 25.8 Å². The summed E-state index contributed by atoms with van der Waals surface area (Å²) in [6, 6.07) is 1.22. The van der Waals surface area contributed by atoms with Crippen molar-refractivity contribution in [2.75, 3.05) is 12.8 Å². The third-order valence-corrected chi connectivity index (χ3v) is 6.63. The lowest BCUT2D eigenvalue weighted by molar-refractivity contribution is 0.285. The molecule has 0 aliphatic heterocycles. The molecule has 118 valence electrons. The summed E-state index contributed by atoms with van der Waals surface area (Å²) in [5.74, 6) is -0.565. The molecule has 0 heterocycles. The molecule has 1 aromatic rings. The van der Waals surface area contributed by atoms with Crippen LogP contribution in [0, 0.1) is 19.7 Å². The van der Waals surface area contributed by atoms with Crippen molar-refractivity contribution in [2.24, 2.45) is 0 Å². The van der Waals surface area contributed by atoms with Gasteiger partial charge in [0.15, 0.2) is 0 Å². The molecule has 0 aromatic heterocycles. The number of aryl methyl sites for hydroxylation is 1. The molecule has 0 unspecified atom stereocenters. The van der Waals surface area contributed by atoms with Gasteiger partial charge in [0.2, 0.25) is 10.0 Å². The topological polar surface area (TPSA) is 63.4 Å². The van der Waals surface area contributed by atoms with E-state index in [1.807, 2.05) is 0 Å². The van der Waals surface area contributed by atoms with Crippen molar-refractivity contribution in [3.63, 3.8) is 0 Å². The molecule has 0 radical (unpaired) electrons. The molecule has 0 amide bonds. The monoisotopic (exact) mass is 314 g/mol. The average molecular weight is 314 g/mol. The second-order valence-electron chi connectivity index (χ2n) is 5.86. The normalized spacial score (nSPS) is 17.4. The largest absolute Gasteiger partial charge is 0.396 e. The highest BCUT2D eigenvalue weighted by atomic mass is 32.2. The highest BCUT2D eigenvalue weighted by Crippen LogP contribution is 2.32. The van der Waals surface area contributed by atoms with Gasteiger partial charge >= 0.3 is 0 Å². The number of halogens is 1. The van der Waals surface area contributed by atoms with Gasteiger partial charge in [-0.15, -0.1) is 0 Å². The van der Waals surface area contributed by atoms with Gasteiger partial charge in [0.25, 0.3) is 0 Å². The van der Waals surface area contributed by atoms with E-state index in [1.165, 1.54) is 10.4 Å². The Balaban J connectivity index is 2.46. The predicted molar refractivity (Wildman–Crippen MR) is 82.1 cm³/mol. The summed E-state index contributed by atoms with van der Waals surface area (Å²) >= 11 is 0. The van der Waals surface area contributed by atoms with E-state index in [-0.39, 0.29) is 16.6 Å². The Hall–Kier alpha value is -1.14. The van der Waals surface area contributed by atoms with Crippen LogP contribution >= 0.6 is 0 Å². The maximum atomic E-state index is 13.6. The molecule has 2 rings (SSSR count). The summed E-state index contributed by atoms with van der Waals surface area (Å²) in [5, 5.41) is 0. The third-order valence-electron chi connectivity index (χ3n) is 4.43. The molecule has 0 spiro atoms. The van der Waals surface area contributed by atoms with E-state index in [1.54, 1.807) is 20.9 Å². The number of hydrogen-bond donors (Lipinski definition) is 1. The maximum Gasteiger partial charge on any atom is 0.243 e. The van der Waals surface area contributed by atoms with Crippen LogP contribution in [0.15, 0.2) is 11.0 Å². The van der Waals surface area contributed by atoms with Crippen molar-refractivity contribution >= 4 is 15.7 Å². The standard InChI is InChI=1S/C15H23FN2O2S/c1-10-9-13(16)14(17)11(2)15(10)21(19,20)18(3)12-7-5-4-6-8-12/h9,12H,4-8,17H2,1-3H3. The molecule has 1 saturated carbocycles. The number of nitrogen functional groups attached to an aromatic ring is 1. The maximum absolute atomic E-state index is 13.6. The molecule has 1 aliphatic rings. The zero-order chi connectivity index (χ0) is 15.8. The number of nitrogens with two attached hydrogens (primary N) is 1. The molecule has 1 fully saturated rings. The molecule has 21 heavy (non-hydrogen) atoms. The minimum Gasteiger partial charge on any atom is -0.396 e. The fraction of sp³-hybridized carbons (Fsp3) is 0.600. The number of rotatable bonds is 3. The van der Waals surface area contributed by atoms with E-state index in [2.05, 4.69) is 0 Å². The lowest BCUT2D eigenvalue weighted by Crippen LogP contribution is -2.38. The Morgan fingerprint density at radius 2 is 1.81 bits per heavy atom. The van der Waals surface area contributed by atoms with E-state index in [0.717, 1.165) is 32.1 Å². The Morgan fingerprint density at radius 3 is 2.38 bits per heavy atom. The van der Waals surface area contributed by atoms with Crippen molar-refractivity contribution in [1.82, 2.24) is 4.31 Å². The summed E-state index contributed by atoms with van der Waals surface area (Å²) in [7, 11) is -2.04. The molecule has 1 aromatic carbocycles. The summed E-state index contributed by atoms with van der Waals surface area (Å²) < 4.78 is 40.8. The Kier molecular flexibility index (Phi) is 4.58. The Bertz CT molecular complexity index is 638. The first-order chi connectivity index (χ1) is 9.76. The van der Waals surface area contributed by atoms with Crippen molar-refractivity contribution in [3.05, 3.63) is 23.0 Å². The predicted octanol–water partition coefficient (Wildman–Crippen LogP) is 2.98. The molecule has 2 N–H and O–H groups in total. The Labute approximate surface area is 126 Å². The van der Waals surface area contributed by atoms with E-state index < -0.39 is 15.8 Å². The molecule has 6 heteroatoms. The summed E-state index contributed by atoms with van der Waals surface area (Å²) in [6.45, 7) is 3.17. The van der Waals surface area contributed by atoms with E-state index >= 15 is 0 Å². The van der Waals surface area contributed by atoms with Gasteiger partial charge in [-0.2, -0.15) is 4.31 Å². The van der Waals surface area contributed by atoms with E-state index in [4.69, 9.17) is 5.73 Å². The van der Waals surface area contributed by atoms with Crippen LogP contribution in [0.25, 0.3) is 0 Å². The fourth-order valence-electron chi connectivity index (χ4n) is 3.11. The fourth-order valence-corrected chi connectivity index (χ4v) is 4.97. The first kappa shape index (κ1) is 16.2. The number of benzene rings is 1. The molecule has 0 atom stereocenters. The highest BCUT2D eigenvalue weighted by molar-refractivity contribution is 7.89. The Morgan fingerprint density at radius 1 is 1.24 bits per heavy atom. The summed E-state index contributed by atoms with van der Waals surface area (Å²) in [4.78, 5) is 0.148. The van der Waals surface area contributed by atoms with Gasteiger partial charge < -0.3 is 5.73 Å². The molecule has 0 bridgehead atoms. The molecular weight excluding hydrogens is 291 g/mol. The van der Waals surface area contributed by atoms with Crippen molar-refractivity contribution in [2.45, 2.75) is 56.9 Å². The van der Waals surface area contributed by atoms with E-state index in [9.17, 15) is 12.8 Å². The minimum atomic E-state index is -3.65. The number of sulfonamides is 1. The van der Waals surface area contributed by atoms with Gasteiger partial charge in [0.05, 0.1) is 10.6 Å². The van der Waals surface area contributed by atoms with Crippen LogP contribution in [0.2, 0.25) is 0 Å². The minimum absolute atomic E-state index is 0.0221. The van der Waals surface area contributed by atoms with Gasteiger partial charge in [-0.25, -0.2) is 12.8 Å². The van der Waals surface area contributed by atoms with Crippen molar-refractivity contribution in [1.29, 1.82) is 0 Å². The van der Waals surface area contributed by atoms with Crippen LogP contribution in [-0.2, 0) is 10.0 Å². The van der Waals surface area contributed by atoms with Crippen molar-refractivity contribution < 1.29 is 12.8 Å². The van der Waals surface area contributed by atoms with Crippen LogP contribution in [0.5, 0.6) is 0 Å². The van der Waals surface area contributed by atoms with Crippen molar-refractivity contribution in [3.8, 4) is 0 Å². The van der Waals surface area contributed by atoms with E-state index in [0.29, 0.717) is 11.1 Å². The smallest absolute Gasteiger partial charge is 0.243 e. The van der Waals surface area contributed by atoms with Crippen LogP contribution < -0.4 is 5.73 Å². The number of nitrogens with zero attached hydrogens (tertiary/aromatic N) is 1. The molecule has 4 nitrogen and oxygen atoms in total. The second kappa shape index (κ2) is 5.93.